The van der Waals surface area contributed by atoms with Crippen molar-refractivity contribution in [3.05, 3.63) is 27.7 Å². The zero-order valence-corrected chi connectivity index (χ0v) is 11.7. The minimum atomic E-state index is 0.0815. The molecule has 1 aromatic rings. The molecule has 0 bridgehead atoms. The van der Waals surface area contributed by atoms with Crippen LogP contribution in [0, 0.1) is 0 Å². The predicted molar refractivity (Wildman–Crippen MR) is 68.4 cm³/mol. The summed E-state index contributed by atoms with van der Waals surface area (Å²) < 4.78 is 6.24. The number of halogens is 1. The molecule has 0 radical (unpaired) electrons. The van der Waals surface area contributed by atoms with E-state index in [2.05, 4.69) is 48.8 Å². The quantitative estimate of drug-likeness (QED) is 0.869. The standard InChI is InChI=1S/C12H18BrNO2/c1-12(2,3)9-5-8(7-16-14)11(15-4)10(13)6-9/h5-6H,7,14H2,1-4H3. The highest BCUT2D eigenvalue weighted by atomic mass is 79.9. The van der Waals surface area contributed by atoms with Crippen molar-refractivity contribution in [2.45, 2.75) is 32.8 Å². The van der Waals surface area contributed by atoms with Gasteiger partial charge >= 0.3 is 0 Å². The summed E-state index contributed by atoms with van der Waals surface area (Å²) in [5, 5.41) is 0. The van der Waals surface area contributed by atoms with E-state index >= 15 is 0 Å². The molecule has 0 aliphatic carbocycles. The van der Waals surface area contributed by atoms with Gasteiger partial charge in [-0.25, -0.2) is 5.90 Å². The zero-order chi connectivity index (χ0) is 12.3. The summed E-state index contributed by atoms with van der Waals surface area (Å²) >= 11 is 3.50. The Bertz CT molecular complexity index is 372. The first-order chi connectivity index (χ1) is 7.40. The second kappa shape index (κ2) is 5.17. The first-order valence-electron chi connectivity index (χ1n) is 5.08. The van der Waals surface area contributed by atoms with E-state index in [1.165, 1.54) is 5.56 Å². The molecule has 90 valence electrons. The second-order valence-electron chi connectivity index (χ2n) is 4.71. The molecule has 3 nitrogen and oxygen atoms in total. The highest BCUT2D eigenvalue weighted by molar-refractivity contribution is 9.10. The maximum atomic E-state index is 5.31. The number of methoxy groups -OCH3 is 1. The van der Waals surface area contributed by atoms with Crippen molar-refractivity contribution in [2.24, 2.45) is 5.90 Å². The number of ether oxygens (including phenoxy) is 1. The molecule has 1 aromatic carbocycles. The molecule has 2 N–H and O–H groups in total. The first-order valence-corrected chi connectivity index (χ1v) is 5.88. The number of rotatable bonds is 3. The third kappa shape index (κ3) is 2.97. The molecule has 0 aromatic heterocycles. The van der Waals surface area contributed by atoms with Crippen molar-refractivity contribution in [1.82, 2.24) is 0 Å². The molecule has 0 saturated heterocycles. The maximum Gasteiger partial charge on any atom is 0.138 e. The molecule has 1 rings (SSSR count). The summed E-state index contributed by atoms with van der Waals surface area (Å²) in [4.78, 5) is 4.69. The lowest BCUT2D eigenvalue weighted by Gasteiger charge is -2.22. The van der Waals surface area contributed by atoms with E-state index in [1.54, 1.807) is 7.11 Å². The fourth-order valence-corrected chi connectivity index (χ4v) is 2.17. The number of hydrogen-bond donors (Lipinski definition) is 1. The van der Waals surface area contributed by atoms with Crippen LogP contribution in [0.15, 0.2) is 16.6 Å². The normalized spacial score (nSPS) is 11.6. The van der Waals surface area contributed by atoms with Crippen LogP contribution in [0.5, 0.6) is 5.75 Å². The Labute approximate surface area is 105 Å². The Balaban J connectivity index is 3.28. The van der Waals surface area contributed by atoms with Crippen LogP contribution in [-0.2, 0) is 16.9 Å². The summed E-state index contributed by atoms with van der Waals surface area (Å²) in [7, 11) is 1.64. The fourth-order valence-electron chi connectivity index (χ4n) is 1.51. The highest BCUT2D eigenvalue weighted by Crippen LogP contribution is 2.35. The molecule has 0 unspecified atom stereocenters. The molecule has 0 spiro atoms. The van der Waals surface area contributed by atoms with E-state index in [0.717, 1.165) is 15.8 Å². The van der Waals surface area contributed by atoms with E-state index in [4.69, 9.17) is 15.5 Å². The van der Waals surface area contributed by atoms with Crippen LogP contribution < -0.4 is 10.6 Å². The van der Waals surface area contributed by atoms with E-state index < -0.39 is 0 Å². The summed E-state index contributed by atoms with van der Waals surface area (Å²) in [6.07, 6.45) is 0. The first kappa shape index (κ1) is 13.5. The average Bonchev–Trinajstić information content (AvgIpc) is 2.16. The van der Waals surface area contributed by atoms with Gasteiger partial charge in [0.1, 0.15) is 5.75 Å². The highest BCUT2D eigenvalue weighted by Gasteiger charge is 2.18. The molecule has 4 heteroatoms. The van der Waals surface area contributed by atoms with E-state index in [0.29, 0.717) is 6.61 Å². The van der Waals surface area contributed by atoms with Crippen molar-refractivity contribution >= 4 is 15.9 Å². The molecule has 0 heterocycles. The van der Waals surface area contributed by atoms with Gasteiger partial charge in [-0.1, -0.05) is 20.8 Å². The Kier molecular flexibility index (Phi) is 4.35. The summed E-state index contributed by atoms with van der Waals surface area (Å²) in [6, 6.07) is 4.13. The fraction of sp³-hybridized carbons (Fsp3) is 0.500. The van der Waals surface area contributed by atoms with Crippen LogP contribution in [0.4, 0.5) is 0 Å². The minimum Gasteiger partial charge on any atom is -0.495 e. The predicted octanol–water partition coefficient (Wildman–Crippen LogP) is 3.15. The molecule has 0 aliphatic rings. The molecule has 16 heavy (non-hydrogen) atoms. The summed E-state index contributed by atoms with van der Waals surface area (Å²) in [5.41, 5.74) is 2.24. The van der Waals surface area contributed by atoms with Gasteiger partial charge in [0.25, 0.3) is 0 Å². The number of hydrogen-bond acceptors (Lipinski definition) is 3. The lowest BCUT2D eigenvalue weighted by Crippen LogP contribution is -2.13. The van der Waals surface area contributed by atoms with Gasteiger partial charge in [0, 0.05) is 5.56 Å². The van der Waals surface area contributed by atoms with Crippen LogP contribution in [-0.4, -0.2) is 7.11 Å². The van der Waals surface area contributed by atoms with Crippen LogP contribution in [0.3, 0.4) is 0 Å². The van der Waals surface area contributed by atoms with Crippen LogP contribution in [0.1, 0.15) is 31.9 Å². The Morgan fingerprint density at radius 1 is 1.31 bits per heavy atom. The lowest BCUT2D eigenvalue weighted by molar-refractivity contribution is 0.122. The van der Waals surface area contributed by atoms with Crippen LogP contribution in [0.25, 0.3) is 0 Å². The smallest absolute Gasteiger partial charge is 0.138 e. The Morgan fingerprint density at radius 3 is 2.38 bits per heavy atom. The number of nitrogens with two attached hydrogens (primary N) is 1. The van der Waals surface area contributed by atoms with E-state index in [9.17, 15) is 0 Å². The minimum absolute atomic E-state index is 0.0815. The van der Waals surface area contributed by atoms with Crippen molar-refractivity contribution in [3.63, 3.8) is 0 Å². The SMILES string of the molecule is COc1c(Br)cc(C(C)(C)C)cc1CON. The summed E-state index contributed by atoms with van der Waals surface area (Å²) in [5.74, 6) is 5.90. The van der Waals surface area contributed by atoms with Gasteiger partial charge in [-0.2, -0.15) is 0 Å². The lowest BCUT2D eigenvalue weighted by atomic mass is 9.86. The Morgan fingerprint density at radius 2 is 1.94 bits per heavy atom. The molecule has 0 atom stereocenters. The van der Waals surface area contributed by atoms with Crippen molar-refractivity contribution in [1.29, 1.82) is 0 Å². The average molecular weight is 288 g/mol. The van der Waals surface area contributed by atoms with Crippen molar-refractivity contribution in [3.8, 4) is 5.75 Å². The number of benzene rings is 1. The third-order valence-electron chi connectivity index (χ3n) is 2.43. The summed E-state index contributed by atoms with van der Waals surface area (Å²) in [6.45, 7) is 6.82. The van der Waals surface area contributed by atoms with Gasteiger partial charge in [0.2, 0.25) is 0 Å². The van der Waals surface area contributed by atoms with Crippen LogP contribution >= 0.6 is 15.9 Å². The van der Waals surface area contributed by atoms with Gasteiger partial charge in [-0.3, -0.25) is 4.84 Å². The van der Waals surface area contributed by atoms with Gasteiger partial charge in [-0.15, -0.1) is 0 Å². The van der Waals surface area contributed by atoms with E-state index in [1.807, 2.05) is 0 Å². The van der Waals surface area contributed by atoms with Gasteiger partial charge in [0.05, 0.1) is 18.2 Å². The third-order valence-corrected chi connectivity index (χ3v) is 3.02. The van der Waals surface area contributed by atoms with E-state index in [-0.39, 0.29) is 5.41 Å². The molecule has 0 amide bonds. The maximum absolute atomic E-state index is 5.31. The molecular weight excluding hydrogens is 270 g/mol. The molecular formula is C12H18BrNO2. The second-order valence-corrected chi connectivity index (χ2v) is 5.57. The van der Waals surface area contributed by atoms with Gasteiger partial charge in [-0.05, 0) is 39.0 Å². The van der Waals surface area contributed by atoms with Crippen LogP contribution in [0.2, 0.25) is 0 Å². The Hall–Kier alpha value is -0.580. The largest absolute Gasteiger partial charge is 0.495 e. The van der Waals surface area contributed by atoms with Gasteiger partial charge < -0.3 is 4.74 Å². The monoisotopic (exact) mass is 287 g/mol. The van der Waals surface area contributed by atoms with Crippen molar-refractivity contribution < 1.29 is 9.57 Å². The van der Waals surface area contributed by atoms with Crippen molar-refractivity contribution in [2.75, 3.05) is 7.11 Å². The molecule has 0 aliphatic heterocycles. The molecule has 0 fully saturated rings. The van der Waals surface area contributed by atoms with Gasteiger partial charge in [0.15, 0.2) is 0 Å². The molecule has 0 saturated carbocycles. The topological polar surface area (TPSA) is 44.5 Å². The zero-order valence-electron chi connectivity index (χ0n) is 10.1.